The Kier molecular flexibility index (Phi) is 21.2. The monoisotopic (exact) mass is 756 g/mol. The Morgan fingerprint density at radius 1 is 0.833 bits per heavy atom. The first-order chi connectivity index (χ1) is 25.8. The molecular weight excluding hydrogens is 702 g/mol. The summed E-state index contributed by atoms with van der Waals surface area (Å²) in [7, 11) is 0. The lowest BCUT2D eigenvalue weighted by Gasteiger charge is -2.28. The number of alkyl halides is 2. The van der Waals surface area contributed by atoms with E-state index in [4.69, 9.17) is 41.3 Å². The van der Waals surface area contributed by atoms with Crippen molar-refractivity contribution in [1.82, 2.24) is 0 Å². The third kappa shape index (κ3) is 20.4. The molecule has 1 aromatic rings. The van der Waals surface area contributed by atoms with E-state index in [9.17, 15) is 28.0 Å². The second-order valence-electron chi connectivity index (χ2n) is 13.6. The Bertz CT molecular complexity index is 1410. The highest BCUT2D eigenvalue weighted by Gasteiger charge is 2.32. The van der Waals surface area contributed by atoms with Gasteiger partial charge in [0.25, 0.3) is 5.92 Å². The van der Waals surface area contributed by atoms with Crippen molar-refractivity contribution in [2.24, 2.45) is 17.3 Å². The highest BCUT2D eigenvalue weighted by molar-refractivity contribution is 5.70. The normalized spacial score (nSPS) is 16.3. The molecule has 1 aromatic carbocycles. The number of hydrogen-bond donors (Lipinski definition) is 0. The minimum absolute atomic E-state index is 0.0632. The minimum atomic E-state index is -3.07. The van der Waals surface area contributed by atoms with Gasteiger partial charge in [0.1, 0.15) is 25.6 Å². The molecule has 1 saturated carbocycles. The summed E-state index contributed by atoms with van der Waals surface area (Å²) in [6, 6.07) is 8.53. The number of allylic oxidation sites excluding steroid dienone is 3. The zero-order chi connectivity index (χ0) is 39.7. The van der Waals surface area contributed by atoms with Gasteiger partial charge < -0.3 is 28.4 Å². The summed E-state index contributed by atoms with van der Waals surface area (Å²) in [6.45, 7) is 1.50. The van der Waals surface area contributed by atoms with Crippen LogP contribution in [0.25, 0.3) is 0 Å². The lowest BCUT2D eigenvalue weighted by molar-refractivity contribution is -0.169. The van der Waals surface area contributed by atoms with Crippen LogP contribution in [0, 0.1) is 41.9 Å². The van der Waals surface area contributed by atoms with E-state index in [1.807, 2.05) is 12.2 Å². The molecule has 3 atom stereocenters. The van der Waals surface area contributed by atoms with Crippen molar-refractivity contribution in [3.8, 4) is 30.4 Å². The number of rotatable bonds is 25. The van der Waals surface area contributed by atoms with E-state index in [1.165, 1.54) is 6.92 Å². The van der Waals surface area contributed by atoms with Crippen LogP contribution in [0.4, 0.5) is 13.6 Å². The van der Waals surface area contributed by atoms with Gasteiger partial charge in [-0.25, -0.2) is 4.79 Å². The number of esters is 3. The molecule has 296 valence electrons. The molecule has 1 fully saturated rings. The molecular formula is C42H54F2O10. The smallest absolute Gasteiger partial charge is 0.487 e. The van der Waals surface area contributed by atoms with E-state index in [1.54, 1.807) is 43.3 Å². The van der Waals surface area contributed by atoms with E-state index < -0.39 is 48.3 Å². The number of carbonyl (C=O) groups is 4. The third-order valence-corrected chi connectivity index (χ3v) is 8.50. The van der Waals surface area contributed by atoms with E-state index in [0.29, 0.717) is 44.3 Å². The highest BCUT2D eigenvalue weighted by Crippen LogP contribution is 2.36. The fraction of sp³-hybridized carbons (Fsp3) is 0.571. The zero-order valence-electron chi connectivity index (χ0n) is 31.4. The van der Waals surface area contributed by atoms with E-state index in [0.717, 1.165) is 31.8 Å². The van der Waals surface area contributed by atoms with Gasteiger partial charge in [-0.15, -0.1) is 24.7 Å². The Morgan fingerprint density at radius 2 is 1.44 bits per heavy atom. The molecule has 1 aliphatic carbocycles. The lowest BCUT2D eigenvalue weighted by atomic mass is 9.92. The first-order valence-corrected chi connectivity index (χ1v) is 18.5. The molecule has 12 heteroatoms. The topological polar surface area (TPSA) is 124 Å². The predicted molar refractivity (Wildman–Crippen MR) is 198 cm³/mol. The summed E-state index contributed by atoms with van der Waals surface area (Å²) in [5.74, 6) is 0.976. The molecule has 0 bridgehead atoms. The van der Waals surface area contributed by atoms with Crippen LogP contribution in [0.5, 0.6) is 5.75 Å². The molecule has 0 radical (unpaired) electrons. The maximum Gasteiger partial charge on any atom is 0.511 e. The van der Waals surface area contributed by atoms with Gasteiger partial charge in [0.2, 0.25) is 6.29 Å². The van der Waals surface area contributed by atoms with Crippen LogP contribution in [0.3, 0.4) is 0 Å². The van der Waals surface area contributed by atoms with Gasteiger partial charge >= 0.3 is 24.1 Å². The number of para-hydroxylation sites is 1. The second kappa shape index (κ2) is 25.2. The Hall–Kier alpha value is -4.84. The molecule has 0 N–H and O–H groups in total. The molecule has 0 aromatic heterocycles. The summed E-state index contributed by atoms with van der Waals surface area (Å²) < 4.78 is 60.1. The number of ether oxygens (including phenoxy) is 6. The van der Waals surface area contributed by atoms with E-state index in [2.05, 4.69) is 11.8 Å². The van der Waals surface area contributed by atoms with Crippen molar-refractivity contribution in [2.75, 3.05) is 26.4 Å². The van der Waals surface area contributed by atoms with Crippen LogP contribution < -0.4 is 4.74 Å². The lowest BCUT2D eigenvalue weighted by Crippen LogP contribution is -2.37. The van der Waals surface area contributed by atoms with E-state index in [-0.39, 0.29) is 50.9 Å². The van der Waals surface area contributed by atoms with Gasteiger partial charge in [0.05, 0.1) is 5.41 Å². The average molecular weight is 757 g/mol. The van der Waals surface area contributed by atoms with Gasteiger partial charge in [0.15, 0.2) is 6.61 Å². The molecule has 1 aliphatic rings. The summed E-state index contributed by atoms with van der Waals surface area (Å²) in [5, 5.41) is 0. The highest BCUT2D eigenvalue weighted by atomic mass is 19.3. The van der Waals surface area contributed by atoms with Crippen molar-refractivity contribution in [3.05, 3.63) is 54.6 Å². The number of benzene rings is 1. The molecule has 0 amide bonds. The predicted octanol–water partition coefficient (Wildman–Crippen LogP) is 8.53. The van der Waals surface area contributed by atoms with Crippen molar-refractivity contribution in [3.63, 3.8) is 0 Å². The number of carbonyl (C=O) groups excluding carboxylic acids is 4. The molecule has 2 rings (SSSR count). The van der Waals surface area contributed by atoms with E-state index >= 15 is 0 Å². The Labute approximate surface area is 318 Å². The van der Waals surface area contributed by atoms with Crippen LogP contribution in [-0.2, 0) is 38.1 Å². The number of hydrogen-bond acceptors (Lipinski definition) is 10. The van der Waals surface area contributed by atoms with Gasteiger partial charge in [-0.05, 0) is 81.9 Å². The van der Waals surface area contributed by atoms with Gasteiger partial charge in [-0.3, -0.25) is 14.4 Å². The maximum absolute atomic E-state index is 14.4. The largest absolute Gasteiger partial charge is 0.511 e. The standard InChI is InChI=1S/C42H54F2O10/c1-5-7-12-24-37(45)50-29-41(4,30-51-38(46)25-13-8-6-2)31-52-40(48)54-33(3)53-39(47)26-17-10-9-14-19-34-20-18-21-35(34)27-28-42(43,44)32-49-36-22-15-11-16-23-36/h1-2,9,11,14-16,22-23,27-28,33-35H,7-8,10,12-13,17-21,24-26,29-32H2,3-4H3/b14-9-,28-27+/t33?,34-,35+/m0/s1. The summed E-state index contributed by atoms with van der Waals surface area (Å²) >= 11 is 0. The SMILES string of the molecule is C#CCCCC(=O)OCC(C)(COC(=O)CCCC#C)COC(=O)OC(C)OC(=O)CCC/C=C\C[C@H]1CCC[C@@H]1/C=C/C(F)(F)COc1ccccc1. The van der Waals surface area contributed by atoms with Crippen molar-refractivity contribution in [1.29, 1.82) is 0 Å². The molecule has 54 heavy (non-hydrogen) atoms. The average Bonchev–Trinajstić information content (AvgIpc) is 3.60. The number of halogens is 2. The fourth-order valence-electron chi connectivity index (χ4n) is 5.49. The van der Waals surface area contributed by atoms with Crippen LogP contribution in [0.15, 0.2) is 54.6 Å². The summed E-state index contributed by atoms with van der Waals surface area (Å²) in [4.78, 5) is 49.0. The minimum Gasteiger partial charge on any atom is -0.487 e. The molecule has 1 unspecified atom stereocenters. The summed E-state index contributed by atoms with van der Waals surface area (Å²) in [6.07, 6.45) is 21.3. The first kappa shape index (κ1) is 45.3. The Balaban J connectivity index is 1.71. The van der Waals surface area contributed by atoms with Crippen molar-refractivity contribution >= 4 is 24.1 Å². The summed E-state index contributed by atoms with van der Waals surface area (Å²) in [5.41, 5.74) is -1.10. The van der Waals surface area contributed by atoms with Crippen LogP contribution >= 0.6 is 0 Å². The first-order valence-electron chi connectivity index (χ1n) is 18.5. The van der Waals surface area contributed by atoms with Crippen LogP contribution in [0.2, 0.25) is 0 Å². The number of unbranched alkanes of at least 4 members (excludes halogenated alkanes) is 3. The van der Waals surface area contributed by atoms with Gasteiger partial charge in [-0.2, -0.15) is 8.78 Å². The third-order valence-electron chi connectivity index (χ3n) is 8.50. The molecule has 0 spiro atoms. The maximum atomic E-state index is 14.4. The molecule has 0 saturated heterocycles. The molecule has 0 aliphatic heterocycles. The van der Waals surface area contributed by atoms with Crippen LogP contribution in [-0.4, -0.2) is 62.7 Å². The second-order valence-corrected chi connectivity index (χ2v) is 13.6. The van der Waals surface area contributed by atoms with Crippen LogP contribution in [0.1, 0.15) is 97.3 Å². The van der Waals surface area contributed by atoms with Crippen molar-refractivity contribution in [2.45, 2.75) is 110 Å². The van der Waals surface area contributed by atoms with Gasteiger partial charge in [-0.1, -0.05) is 42.8 Å². The van der Waals surface area contributed by atoms with Crippen molar-refractivity contribution < 1.29 is 56.4 Å². The van der Waals surface area contributed by atoms with Gasteiger partial charge in [0, 0.05) is 39.0 Å². The number of terminal acetylenes is 2. The molecule has 10 nitrogen and oxygen atoms in total. The molecule has 0 heterocycles. The zero-order valence-corrected chi connectivity index (χ0v) is 31.4. The Morgan fingerprint density at radius 3 is 2.07 bits per heavy atom. The quantitative estimate of drug-likeness (QED) is 0.0240. The fourth-order valence-corrected chi connectivity index (χ4v) is 5.49.